The Kier molecular flexibility index (Phi) is 6.75. The molecule has 1 fully saturated rings. The lowest BCUT2D eigenvalue weighted by Crippen LogP contribution is -2.42. The molecule has 0 unspecified atom stereocenters. The van der Waals surface area contributed by atoms with E-state index in [0.29, 0.717) is 17.2 Å². The maximum Gasteiger partial charge on any atom is 0.304 e. The van der Waals surface area contributed by atoms with E-state index in [2.05, 4.69) is 10.7 Å². The standard InChI is InChI=1S/C26H24ClN3O3/c1-3-33-22-13-7-18(8-14-22)16-30-24(19-9-11-21(27)12-10-19)23(26(32)29-30)28-25(31)20-6-4-5-17(2)15-20/h4-16,23-24H,3H2,1-2H3,(H-,28,29,31,32)/p+1/b30-16-/t23-,24-/m1/s1. The van der Waals surface area contributed by atoms with Crippen LogP contribution in [0.5, 0.6) is 5.75 Å². The van der Waals surface area contributed by atoms with Gasteiger partial charge in [0.2, 0.25) is 12.3 Å². The number of nitrogens with one attached hydrogen (secondary N) is 2. The van der Waals surface area contributed by atoms with Gasteiger partial charge >= 0.3 is 5.91 Å². The van der Waals surface area contributed by atoms with Crippen molar-refractivity contribution in [1.82, 2.24) is 10.7 Å². The molecule has 0 saturated carbocycles. The predicted octanol–water partition coefficient (Wildman–Crippen LogP) is 4.06. The first-order valence-electron chi connectivity index (χ1n) is 10.7. The van der Waals surface area contributed by atoms with Gasteiger partial charge in [0.15, 0.2) is 6.04 Å². The summed E-state index contributed by atoms with van der Waals surface area (Å²) in [5.74, 6) is 0.177. The molecular weight excluding hydrogens is 438 g/mol. The van der Waals surface area contributed by atoms with E-state index in [-0.39, 0.29) is 11.8 Å². The molecule has 1 aliphatic rings. The molecule has 7 heteroatoms. The highest BCUT2D eigenvalue weighted by atomic mass is 35.5. The number of hydrogen-bond acceptors (Lipinski definition) is 3. The quantitative estimate of drug-likeness (QED) is 0.543. The Balaban J connectivity index is 1.67. The van der Waals surface area contributed by atoms with Crippen LogP contribution in [0.25, 0.3) is 0 Å². The average molecular weight is 463 g/mol. The van der Waals surface area contributed by atoms with Crippen molar-refractivity contribution in [2.24, 2.45) is 0 Å². The van der Waals surface area contributed by atoms with Gasteiger partial charge in [0.05, 0.1) is 6.61 Å². The van der Waals surface area contributed by atoms with Crippen LogP contribution in [-0.2, 0) is 4.79 Å². The molecule has 1 aliphatic heterocycles. The number of carbonyl (C=O) groups excluding carboxylic acids is 2. The lowest BCUT2D eigenvalue weighted by Gasteiger charge is -2.15. The van der Waals surface area contributed by atoms with Crippen LogP contribution < -0.4 is 15.5 Å². The Morgan fingerprint density at radius 1 is 1.12 bits per heavy atom. The summed E-state index contributed by atoms with van der Waals surface area (Å²) in [5, 5.41) is 3.51. The third-order valence-electron chi connectivity index (χ3n) is 5.39. The molecule has 0 radical (unpaired) electrons. The number of amides is 2. The highest BCUT2D eigenvalue weighted by molar-refractivity contribution is 6.30. The fourth-order valence-corrected chi connectivity index (χ4v) is 3.95. The third-order valence-corrected chi connectivity index (χ3v) is 5.65. The minimum Gasteiger partial charge on any atom is -0.494 e. The third kappa shape index (κ3) is 5.23. The highest BCUT2D eigenvalue weighted by Gasteiger charge is 2.47. The lowest BCUT2D eigenvalue weighted by atomic mass is 9.99. The average Bonchev–Trinajstić information content (AvgIpc) is 3.10. The number of carbonyl (C=O) groups is 2. The predicted molar refractivity (Wildman–Crippen MR) is 128 cm³/mol. The van der Waals surface area contributed by atoms with Crippen LogP contribution in [0.1, 0.15) is 40.0 Å². The zero-order valence-electron chi connectivity index (χ0n) is 18.4. The number of benzene rings is 3. The first-order valence-corrected chi connectivity index (χ1v) is 11.1. The molecule has 0 bridgehead atoms. The van der Waals surface area contributed by atoms with Crippen molar-refractivity contribution in [1.29, 1.82) is 0 Å². The van der Waals surface area contributed by atoms with Gasteiger partial charge in [0.25, 0.3) is 5.91 Å². The van der Waals surface area contributed by atoms with Crippen LogP contribution in [0.2, 0.25) is 5.02 Å². The molecule has 33 heavy (non-hydrogen) atoms. The maximum absolute atomic E-state index is 13.0. The summed E-state index contributed by atoms with van der Waals surface area (Å²) < 4.78 is 7.23. The second-order valence-corrected chi connectivity index (χ2v) is 8.27. The van der Waals surface area contributed by atoms with E-state index in [1.807, 2.05) is 68.6 Å². The molecule has 2 atom stereocenters. The van der Waals surface area contributed by atoms with Gasteiger partial charge in [-0.1, -0.05) is 41.4 Å². The van der Waals surface area contributed by atoms with Crippen molar-refractivity contribution in [3.8, 4) is 5.75 Å². The molecule has 2 amide bonds. The fraction of sp³-hybridized carbons (Fsp3) is 0.192. The molecule has 3 aromatic carbocycles. The Morgan fingerprint density at radius 3 is 2.52 bits per heavy atom. The number of hydrazine groups is 1. The van der Waals surface area contributed by atoms with Gasteiger partial charge in [-0.3, -0.25) is 9.59 Å². The molecule has 1 heterocycles. The molecule has 0 spiro atoms. The van der Waals surface area contributed by atoms with E-state index >= 15 is 0 Å². The zero-order chi connectivity index (χ0) is 23.4. The van der Waals surface area contributed by atoms with E-state index in [1.54, 1.807) is 28.9 Å². The zero-order valence-corrected chi connectivity index (χ0v) is 19.2. The number of rotatable bonds is 6. The van der Waals surface area contributed by atoms with Crippen molar-refractivity contribution >= 4 is 29.6 Å². The summed E-state index contributed by atoms with van der Waals surface area (Å²) in [6, 6.07) is 20.9. The van der Waals surface area contributed by atoms with E-state index in [0.717, 1.165) is 22.4 Å². The molecule has 0 aliphatic carbocycles. The van der Waals surface area contributed by atoms with Crippen LogP contribution >= 0.6 is 11.6 Å². The minimum atomic E-state index is -0.793. The van der Waals surface area contributed by atoms with Gasteiger partial charge in [-0.25, -0.2) is 0 Å². The van der Waals surface area contributed by atoms with Crippen LogP contribution in [0.4, 0.5) is 0 Å². The number of hydrazone groups is 1. The normalized spacial score (nSPS) is 18.8. The van der Waals surface area contributed by atoms with Crippen molar-refractivity contribution in [3.63, 3.8) is 0 Å². The molecule has 0 aromatic heterocycles. The fourth-order valence-electron chi connectivity index (χ4n) is 3.83. The molecule has 6 nitrogen and oxygen atoms in total. The Labute approximate surface area is 197 Å². The molecule has 1 saturated heterocycles. The first-order chi connectivity index (χ1) is 15.9. The van der Waals surface area contributed by atoms with Crippen molar-refractivity contribution in [2.75, 3.05) is 6.61 Å². The van der Waals surface area contributed by atoms with Crippen molar-refractivity contribution < 1.29 is 19.0 Å². The van der Waals surface area contributed by atoms with E-state index < -0.39 is 12.1 Å². The molecule has 168 valence electrons. The number of ether oxygens (including phenoxy) is 1. The largest absolute Gasteiger partial charge is 0.494 e. The Morgan fingerprint density at radius 2 is 1.85 bits per heavy atom. The van der Waals surface area contributed by atoms with Crippen LogP contribution in [0.15, 0.2) is 72.8 Å². The molecule has 4 rings (SSSR count). The Hall–Kier alpha value is -3.64. The number of nitrogens with zero attached hydrogens (tertiary/aromatic N) is 1. The maximum atomic E-state index is 13.0. The van der Waals surface area contributed by atoms with E-state index in [9.17, 15) is 9.59 Å². The van der Waals surface area contributed by atoms with Crippen LogP contribution in [0.3, 0.4) is 0 Å². The smallest absolute Gasteiger partial charge is 0.304 e. The summed E-state index contributed by atoms with van der Waals surface area (Å²) in [4.78, 5) is 25.9. The Bertz CT molecular complexity index is 1190. The van der Waals surface area contributed by atoms with Gasteiger partial charge in [-0.05, 0) is 62.4 Å². The SMILES string of the molecule is CCOc1ccc(/C=[N+]2\NC(=O)[C@H](NC(=O)c3cccc(C)c3)[C@H]2c2ccc(Cl)cc2)cc1. The summed E-state index contributed by atoms with van der Waals surface area (Å²) in [5.41, 5.74) is 6.08. The molecule has 2 N–H and O–H groups in total. The summed E-state index contributed by atoms with van der Waals surface area (Å²) in [7, 11) is 0. The van der Waals surface area contributed by atoms with E-state index in [1.165, 1.54) is 0 Å². The van der Waals surface area contributed by atoms with Crippen LogP contribution in [0, 0.1) is 6.92 Å². The topological polar surface area (TPSA) is 70.4 Å². The monoisotopic (exact) mass is 462 g/mol. The minimum absolute atomic E-state index is 0.293. The highest BCUT2D eigenvalue weighted by Crippen LogP contribution is 2.27. The summed E-state index contributed by atoms with van der Waals surface area (Å²) >= 11 is 6.08. The van der Waals surface area contributed by atoms with Crippen molar-refractivity contribution in [2.45, 2.75) is 25.9 Å². The molecule has 3 aromatic rings. The van der Waals surface area contributed by atoms with Crippen molar-refractivity contribution in [3.05, 3.63) is 100 Å². The van der Waals surface area contributed by atoms with Crippen LogP contribution in [-0.4, -0.2) is 35.4 Å². The van der Waals surface area contributed by atoms with Gasteiger partial charge in [0, 0.05) is 21.7 Å². The lowest BCUT2D eigenvalue weighted by molar-refractivity contribution is -0.596. The second-order valence-electron chi connectivity index (χ2n) is 7.83. The molecular formula is C26H25ClN3O3+. The summed E-state index contributed by atoms with van der Waals surface area (Å²) in [6.07, 6.45) is 1.84. The first kappa shape index (κ1) is 22.6. The van der Waals surface area contributed by atoms with Gasteiger partial charge in [0.1, 0.15) is 5.75 Å². The van der Waals surface area contributed by atoms with Gasteiger partial charge in [-0.2, -0.15) is 0 Å². The number of hydrogen-bond donors (Lipinski definition) is 2. The summed E-state index contributed by atoms with van der Waals surface area (Å²) in [6.45, 7) is 4.44. The second kappa shape index (κ2) is 9.88. The number of halogens is 1. The number of aryl methyl sites for hydroxylation is 1. The van der Waals surface area contributed by atoms with Gasteiger partial charge < -0.3 is 10.1 Å². The van der Waals surface area contributed by atoms with E-state index in [4.69, 9.17) is 16.3 Å². The van der Waals surface area contributed by atoms with Gasteiger partial charge in [-0.15, -0.1) is 10.1 Å².